The van der Waals surface area contributed by atoms with Gasteiger partial charge in [0.05, 0.1) is 0 Å². The number of hydrogen-bond donors (Lipinski definition) is 2. The van der Waals surface area contributed by atoms with Crippen molar-refractivity contribution in [1.29, 1.82) is 0 Å². The molecule has 0 fully saturated rings. The molecule has 7 heteroatoms. The van der Waals surface area contributed by atoms with Gasteiger partial charge in [0.1, 0.15) is 0 Å². The largest absolute Gasteiger partial charge is 0.352 e. The Labute approximate surface area is 121 Å². The van der Waals surface area contributed by atoms with Gasteiger partial charge in [-0.25, -0.2) is 0 Å². The Hall–Kier alpha value is -1.59. The molecular formula is C12H13Cl2N5. The van der Waals surface area contributed by atoms with Gasteiger partial charge in [0, 0.05) is 16.8 Å². The van der Waals surface area contributed by atoms with Crippen LogP contribution < -0.4 is 10.6 Å². The lowest BCUT2D eigenvalue weighted by Crippen LogP contribution is -2.14. The molecule has 2 aromatic rings. The minimum absolute atomic E-state index is 0.134. The Kier molecular flexibility index (Phi) is 4.39. The highest BCUT2D eigenvalue weighted by Crippen LogP contribution is 2.18. The molecule has 5 nitrogen and oxygen atoms in total. The van der Waals surface area contributed by atoms with Crippen LogP contribution in [0.1, 0.15) is 13.8 Å². The molecule has 0 aliphatic rings. The quantitative estimate of drug-likeness (QED) is 0.900. The highest BCUT2D eigenvalue weighted by Gasteiger charge is 2.06. The number of nitrogens with zero attached hydrogens (tertiary/aromatic N) is 3. The van der Waals surface area contributed by atoms with Crippen LogP contribution >= 0.6 is 23.2 Å². The van der Waals surface area contributed by atoms with Crippen molar-refractivity contribution < 1.29 is 0 Å². The molecule has 100 valence electrons. The topological polar surface area (TPSA) is 62.7 Å². The van der Waals surface area contributed by atoms with Crippen molar-refractivity contribution in [1.82, 2.24) is 15.0 Å². The Balaban J connectivity index is 2.19. The zero-order valence-corrected chi connectivity index (χ0v) is 12.0. The predicted molar refractivity (Wildman–Crippen MR) is 78.3 cm³/mol. The van der Waals surface area contributed by atoms with Gasteiger partial charge < -0.3 is 10.6 Å². The molecule has 0 saturated heterocycles. The zero-order valence-electron chi connectivity index (χ0n) is 10.5. The third-order valence-electron chi connectivity index (χ3n) is 2.13. The Morgan fingerprint density at radius 1 is 0.947 bits per heavy atom. The van der Waals surface area contributed by atoms with Crippen molar-refractivity contribution in [3.05, 3.63) is 34.6 Å². The molecule has 0 aliphatic heterocycles. The van der Waals surface area contributed by atoms with Gasteiger partial charge in [-0.3, -0.25) is 0 Å². The van der Waals surface area contributed by atoms with E-state index in [0.717, 1.165) is 5.69 Å². The number of aromatic nitrogens is 3. The molecule has 0 unspecified atom stereocenters. The van der Waals surface area contributed by atoms with E-state index in [4.69, 9.17) is 23.2 Å². The van der Waals surface area contributed by atoms with Gasteiger partial charge in [-0.2, -0.15) is 15.0 Å². The fourth-order valence-corrected chi connectivity index (χ4v) is 1.68. The molecule has 2 rings (SSSR count). The Morgan fingerprint density at radius 3 is 2.21 bits per heavy atom. The summed E-state index contributed by atoms with van der Waals surface area (Å²) in [4.78, 5) is 12.2. The van der Waals surface area contributed by atoms with Crippen LogP contribution in [0.3, 0.4) is 0 Å². The summed E-state index contributed by atoms with van der Waals surface area (Å²) in [5, 5.41) is 6.92. The number of hydrogen-bond acceptors (Lipinski definition) is 5. The van der Waals surface area contributed by atoms with E-state index in [2.05, 4.69) is 25.6 Å². The van der Waals surface area contributed by atoms with Crippen molar-refractivity contribution in [2.75, 3.05) is 10.6 Å². The maximum atomic E-state index is 5.86. The van der Waals surface area contributed by atoms with Gasteiger partial charge >= 0.3 is 0 Å². The van der Waals surface area contributed by atoms with E-state index in [9.17, 15) is 0 Å². The summed E-state index contributed by atoms with van der Waals surface area (Å²) in [6, 6.07) is 7.42. The second kappa shape index (κ2) is 6.04. The molecule has 2 N–H and O–H groups in total. The molecule has 0 saturated carbocycles. The molecule has 1 aromatic carbocycles. The normalized spacial score (nSPS) is 10.6. The highest BCUT2D eigenvalue weighted by molar-refractivity contribution is 6.30. The number of rotatable bonds is 4. The lowest BCUT2D eigenvalue weighted by atomic mass is 10.3. The molecule has 1 heterocycles. The van der Waals surface area contributed by atoms with Gasteiger partial charge in [0.25, 0.3) is 0 Å². The van der Waals surface area contributed by atoms with Crippen molar-refractivity contribution in [3.8, 4) is 0 Å². The van der Waals surface area contributed by atoms with Gasteiger partial charge in [-0.05, 0) is 49.7 Å². The van der Waals surface area contributed by atoms with E-state index >= 15 is 0 Å². The number of halogens is 2. The highest BCUT2D eigenvalue weighted by atomic mass is 35.5. The first-order chi connectivity index (χ1) is 9.02. The third kappa shape index (κ3) is 4.22. The van der Waals surface area contributed by atoms with Crippen molar-refractivity contribution in [2.45, 2.75) is 19.9 Å². The number of nitrogens with one attached hydrogen (secondary N) is 2. The average molecular weight is 298 g/mol. The minimum atomic E-state index is 0.134. The molecular weight excluding hydrogens is 285 g/mol. The second-order valence-corrected chi connectivity index (χ2v) is 4.96. The molecule has 0 amide bonds. The van der Waals surface area contributed by atoms with E-state index in [1.807, 2.05) is 26.0 Å². The first-order valence-corrected chi connectivity index (χ1v) is 6.49. The van der Waals surface area contributed by atoms with Crippen LogP contribution in [-0.4, -0.2) is 21.0 Å². The fourth-order valence-electron chi connectivity index (χ4n) is 1.39. The first-order valence-electron chi connectivity index (χ1n) is 5.73. The lowest BCUT2D eigenvalue weighted by Gasteiger charge is -2.10. The number of anilines is 3. The van der Waals surface area contributed by atoms with E-state index < -0.39 is 0 Å². The molecule has 0 bridgehead atoms. The zero-order chi connectivity index (χ0) is 13.8. The Morgan fingerprint density at radius 2 is 1.58 bits per heavy atom. The summed E-state index contributed by atoms with van der Waals surface area (Å²) >= 11 is 11.7. The van der Waals surface area contributed by atoms with E-state index in [1.54, 1.807) is 12.1 Å². The summed E-state index contributed by atoms with van der Waals surface area (Å²) in [6.45, 7) is 3.98. The van der Waals surface area contributed by atoms with Crippen molar-refractivity contribution in [3.63, 3.8) is 0 Å². The number of benzene rings is 1. The molecule has 0 aliphatic carbocycles. The standard InChI is InChI=1S/C12H13Cl2N5/c1-7(2)15-11-17-10(14)18-12(19-11)16-9-5-3-8(13)4-6-9/h3-7H,1-2H3,(H2,15,16,17,18,19). The molecule has 1 aromatic heterocycles. The van der Waals surface area contributed by atoms with E-state index in [-0.39, 0.29) is 11.3 Å². The summed E-state index contributed by atoms with van der Waals surface area (Å²) in [5.74, 6) is 0.817. The third-order valence-corrected chi connectivity index (χ3v) is 2.55. The van der Waals surface area contributed by atoms with Crippen LogP contribution in [0.25, 0.3) is 0 Å². The Bertz CT molecular complexity index is 557. The van der Waals surface area contributed by atoms with Gasteiger partial charge in [0.15, 0.2) is 0 Å². The van der Waals surface area contributed by atoms with Crippen LogP contribution in [0.15, 0.2) is 24.3 Å². The van der Waals surface area contributed by atoms with Crippen LogP contribution in [0.2, 0.25) is 10.3 Å². The summed E-state index contributed by atoms with van der Waals surface area (Å²) in [5.41, 5.74) is 0.821. The van der Waals surface area contributed by atoms with Crippen LogP contribution in [0.4, 0.5) is 17.6 Å². The van der Waals surface area contributed by atoms with Crippen LogP contribution in [0, 0.1) is 0 Å². The average Bonchev–Trinajstić information content (AvgIpc) is 2.30. The maximum absolute atomic E-state index is 5.86. The van der Waals surface area contributed by atoms with Crippen LogP contribution in [-0.2, 0) is 0 Å². The first kappa shape index (κ1) is 13.8. The van der Waals surface area contributed by atoms with Crippen LogP contribution in [0.5, 0.6) is 0 Å². The van der Waals surface area contributed by atoms with Crippen molar-refractivity contribution in [2.24, 2.45) is 0 Å². The smallest absolute Gasteiger partial charge is 0.233 e. The SMILES string of the molecule is CC(C)Nc1nc(Cl)nc(Nc2ccc(Cl)cc2)n1. The minimum Gasteiger partial charge on any atom is -0.352 e. The van der Waals surface area contributed by atoms with E-state index in [1.165, 1.54) is 0 Å². The van der Waals surface area contributed by atoms with Gasteiger partial charge in [0.2, 0.25) is 17.2 Å². The second-order valence-electron chi connectivity index (χ2n) is 4.18. The molecule has 0 radical (unpaired) electrons. The molecule has 0 spiro atoms. The predicted octanol–water partition coefficient (Wildman–Crippen LogP) is 3.74. The summed E-state index contributed by atoms with van der Waals surface area (Å²) < 4.78 is 0. The molecule has 19 heavy (non-hydrogen) atoms. The summed E-state index contributed by atoms with van der Waals surface area (Å²) in [7, 11) is 0. The van der Waals surface area contributed by atoms with Gasteiger partial charge in [-0.1, -0.05) is 11.6 Å². The van der Waals surface area contributed by atoms with Gasteiger partial charge in [-0.15, -0.1) is 0 Å². The molecule has 0 atom stereocenters. The van der Waals surface area contributed by atoms with E-state index in [0.29, 0.717) is 16.9 Å². The maximum Gasteiger partial charge on any atom is 0.233 e. The fraction of sp³-hybridized carbons (Fsp3) is 0.250. The monoisotopic (exact) mass is 297 g/mol. The summed E-state index contributed by atoms with van der Waals surface area (Å²) in [6.07, 6.45) is 0. The lowest BCUT2D eigenvalue weighted by molar-refractivity contribution is 0.868. The van der Waals surface area contributed by atoms with Crippen molar-refractivity contribution >= 4 is 40.8 Å².